The Labute approximate surface area is 104 Å². The van der Waals surface area contributed by atoms with Gasteiger partial charge in [0, 0.05) is 17.9 Å². The minimum absolute atomic E-state index is 0.300. The Balaban J connectivity index is 0.000000158. The number of nitriles is 1. The van der Waals surface area contributed by atoms with Gasteiger partial charge in [-0.3, -0.25) is 4.98 Å². The van der Waals surface area contributed by atoms with Crippen LogP contribution in [0.3, 0.4) is 0 Å². The summed E-state index contributed by atoms with van der Waals surface area (Å²) in [6.45, 7) is 5.05. The van der Waals surface area contributed by atoms with E-state index in [9.17, 15) is 0 Å². The molecule has 0 amide bonds. The molecule has 3 heteroatoms. The van der Waals surface area contributed by atoms with Gasteiger partial charge < -0.3 is 5.32 Å². The van der Waals surface area contributed by atoms with Gasteiger partial charge in [0.15, 0.2) is 0 Å². The smallest absolute Gasteiger partial charge is 0.0675 e. The Morgan fingerprint density at radius 3 is 2.18 bits per heavy atom. The zero-order chi connectivity index (χ0) is 12.6. The normalized spacial score (nSPS) is 22.5. The highest BCUT2D eigenvalue weighted by Crippen LogP contribution is 2.46. The lowest BCUT2D eigenvalue weighted by Crippen LogP contribution is -2.27. The van der Waals surface area contributed by atoms with Crippen LogP contribution in [0.25, 0.3) is 0 Å². The topological polar surface area (TPSA) is 48.7 Å². The lowest BCUT2D eigenvalue weighted by atomic mass is 10.0. The van der Waals surface area contributed by atoms with E-state index in [1.165, 1.54) is 12.8 Å². The first-order valence-corrected chi connectivity index (χ1v) is 6.37. The number of nitrogens with one attached hydrogen (secondary N) is 1. The molecule has 0 aromatic carbocycles. The van der Waals surface area contributed by atoms with Gasteiger partial charge in [0.1, 0.15) is 0 Å². The Morgan fingerprint density at radius 2 is 1.88 bits per heavy atom. The fourth-order valence-corrected chi connectivity index (χ4v) is 2.03. The van der Waals surface area contributed by atoms with Crippen LogP contribution in [-0.2, 0) is 0 Å². The third kappa shape index (κ3) is 3.83. The summed E-state index contributed by atoms with van der Waals surface area (Å²) in [6.07, 6.45) is 7.02. The molecule has 1 unspecified atom stereocenters. The monoisotopic (exact) mass is 231 g/mol. The second-order valence-electron chi connectivity index (χ2n) is 4.08. The summed E-state index contributed by atoms with van der Waals surface area (Å²) in [5.41, 5.74) is 0.300. The average molecular weight is 231 g/mol. The quantitative estimate of drug-likeness (QED) is 0.747. The van der Waals surface area contributed by atoms with E-state index in [1.807, 2.05) is 32.0 Å². The summed E-state index contributed by atoms with van der Waals surface area (Å²) >= 11 is 0. The van der Waals surface area contributed by atoms with Gasteiger partial charge in [-0.1, -0.05) is 19.9 Å². The van der Waals surface area contributed by atoms with Gasteiger partial charge in [-0.15, -0.1) is 0 Å². The van der Waals surface area contributed by atoms with Crippen LogP contribution in [0, 0.1) is 17.2 Å². The number of hydrogen-bond donors (Lipinski definition) is 1. The van der Waals surface area contributed by atoms with Crippen molar-refractivity contribution in [1.82, 2.24) is 10.3 Å². The van der Waals surface area contributed by atoms with E-state index < -0.39 is 0 Å². The molecule has 3 nitrogen and oxygen atoms in total. The molecule has 17 heavy (non-hydrogen) atoms. The lowest BCUT2D eigenvalue weighted by molar-refractivity contribution is 0.518. The molecule has 1 aromatic rings. The molecule has 92 valence electrons. The molecule has 1 atom stereocenters. The van der Waals surface area contributed by atoms with E-state index in [2.05, 4.69) is 16.4 Å². The van der Waals surface area contributed by atoms with Crippen LogP contribution in [0.5, 0.6) is 0 Å². The molecule has 2 aliphatic rings. The predicted octanol–water partition coefficient (Wildman–Crippen LogP) is 2.76. The average Bonchev–Trinajstić information content (AvgIpc) is 3.08. The lowest BCUT2D eigenvalue weighted by Gasteiger charge is -2.08. The molecule has 0 bridgehead atoms. The van der Waals surface area contributed by atoms with Crippen molar-refractivity contribution in [2.24, 2.45) is 5.92 Å². The van der Waals surface area contributed by atoms with E-state index in [0.29, 0.717) is 11.5 Å². The molecule has 3 rings (SSSR count). The highest BCUT2D eigenvalue weighted by molar-refractivity contribution is 5.16. The first-order valence-electron chi connectivity index (χ1n) is 6.37. The highest BCUT2D eigenvalue weighted by atomic mass is 15.1. The molecular formula is C14H21N3. The van der Waals surface area contributed by atoms with Crippen molar-refractivity contribution in [3.05, 3.63) is 30.6 Å². The van der Waals surface area contributed by atoms with Crippen molar-refractivity contribution in [3.8, 4) is 6.07 Å². The van der Waals surface area contributed by atoms with Crippen LogP contribution >= 0.6 is 0 Å². The standard InChI is InChI=1S/C7H10N2.C5H5N.C2H6/c8-5-6-1-4-9-7(6)2-3-7;1-2-4-6-5-3-1;1-2/h6,9H,1-4H2;1-5H;1-2H3. The minimum Gasteiger partial charge on any atom is -0.310 e. The van der Waals surface area contributed by atoms with Gasteiger partial charge in [-0.2, -0.15) is 5.26 Å². The highest BCUT2D eigenvalue weighted by Gasteiger charge is 2.52. The maximum Gasteiger partial charge on any atom is 0.0675 e. The van der Waals surface area contributed by atoms with Gasteiger partial charge in [0.25, 0.3) is 0 Å². The Morgan fingerprint density at radius 1 is 1.24 bits per heavy atom. The SMILES string of the molecule is CC.N#CC1CCNC12CC2.c1ccncc1. The van der Waals surface area contributed by atoms with Gasteiger partial charge >= 0.3 is 0 Å². The van der Waals surface area contributed by atoms with E-state index in [0.717, 1.165) is 13.0 Å². The first-order chi connectivity index (χ1) is 8.37. The molecule has 1 saturated carbocycles. The summed E-state index contributed by atoms with van der Waals surface area (Å²) in [4.78, 5) is 3.78. The number of nitrogens with zero attached hydrogens (tertiary/aromatic N) is 2. The molecule has 2 heterocycles. The van der Waals surface area contributed by atoms with Crippen molar-refractivity contribution in [2.75, 3.05) is 6.54 Å². The Bertz CT molecular complexity index is 312. The molecular weight excluding hydrogens is 210 g/mol. The van der Waals surface area contributed by atoms with E-state index in [-0.39, 0.29) is 0 Å². The van der Waals surface area contributed by atoms with Crippen LogP contribution in [0.4, 0.5) is 0 Å². The van der Waals surface area contributed by atoms with Crippen LogP contribution in [0.1, 0.15) is 33.1 Å². The fourth-order valence-electron chi connectivity index (χ4n) is 2.03. The number of rotatable bonds is 0. The largest absolute Gasteiger partial charge is 0.310 e. The van der Waals surface area contributed by atoms with Gasteiger partial charge in [0.2, 0.25) is 0 Å². The fraction of sp³-hybridized carbons (Fsp3) is 0.571. The van der Waals surface area contributed by atoms with Crippen molar-refractivity contribution in [1.29, 1.82) is 5.26 Å². The molecule has 1 saturated heterocycles. The van der Waals surface area contributed by atoms with Crippen LogP contribution in [-0.4, -0.2) is 17.1 Å². The van der Waals surface area contributed by atoms with Crippen LogP contribution in [0.2, 0.25) is 0 Å². The number of hydrogen-bond acceptors (Lipinski definition) is 3. The zero-order valence-corrected chi connectivity index (χ0v) is 10.7. The second kappa shape index (κ2) is 7.03. The minimum atomic E-state index is 0.300. The van der Waals surface area contributed by atoms with Gasteiger partial charge in [-0.25, -0.2) is 0 Å². The third-order valence-electron chi connectivity index (χ3n) is 3.09. The van der Waals surface area contributed by atoms with E-state index in [1.54, 1.807) is 12.4 Å². The number of pyridine rings is 1. The summed E-state index contributed by atoms with van der Waals surface area (Å²) in [6, 6.07) is 8.07. The summed E-state index contributed by atoms with van der Waals surface area (Å²) < 4.78 is 0. The van der Waals surface area contributed by atoms with Gasteiger partial charge in [0.05, 0.1) is 12.0 Å². The Hall–Kier alpha value is -1.40. The maximum atomic E-state index is 8.65. The van der Waals surface area contributed by atoms with E-state index in [4.69, 9.17) is 5.26 Å². The molecule has 1 spiro atoms. The van der Waals surface area contributed by atoms with Crippen molar-refractivity contribution < 1.29 is 0 Å². The summed E-state index contributed by atoms with van der Waals surface area (Å²) in [5.74, 6) is 0.317. The van der Waals surface area contributed by atoms with Crippen LogP contribution < -0.4 is 5.32 Å². The molecule has 1 aliphatic heterocycles. The second-order valence-corrected chi connectivity index (χ2v) is 4.08. The molecule has 1 N–H and O–H groups in total. The zero-order valence-electron chi connectivity index (χ0n) is 10.7. The van der Waals surface area contributed by atoms with Crippen molar-refractivity contribution >= 4 is 0 Å². The molecule has 2 fully saturated rings. The number of aromatic nitrogens is 1. The predicted molar refractivity (Wildman–Crippen MR) is 69.3 cm³/mol. The van der Waals surface area contributed by atoms with Crippen molar-refractivity contribution in [2.45, 2.75) is 38.6 Å². The van der Waals surface area contributed by atoms with Gasteiger partial charge in [-0.05, 0) is 37.9 Å². The maximum absolute atomic E-state index is 8.65. The third-order valence-corrected chi connectivity index (χ3v) is 3.09. The van der Waals surface area contributed by atoms with Crippen molar-refractivity contribution in [3.63, 3.8) is 0 Å². The van der Waals surface area contributed by atoms with Crippen LogP contribution in [0.15, 0.2) is 30.6 Å². The molecule has 1 aromatic heterocycles. The van der Waals surface area contributed by atoms with E-state index >= 15 is 0 Å². The summed E-state index contributed by atoms with van der Waals surface area (Å²) in [7, 11) is 0. The Kier molecular flexibility index (Phi) is 5.65. The molecule has 0 radical (unpaired) electrons. The summed E-state index contributed by atoms with van der Waals surface area (Å²) in [5, 5.41) is 12.0. The first kappa shape index (κ1) is 13.7. The molecule has 1 aliphatic carbocycles.